The van der Waals surface area contributed by atoms with Crippen molar-refractivity contribution in [2.75, 3.05) is 35.0 Å². The molecule has 0 atom stereocenters. The standard InChI is InChI=1S/C25H33N5O6S/c1-8-36-24(32)20-14-30(29-27-20)21-11-16(10-9-15(21)2)23(31)26-18-12-17(25(3,4)5)13-19(22(18)35-6)28-37(7,33)34/h9-14,27-29H,8H2,1-7H3,(H,26,31). The molecule has 0 radical (unpaired) electrons. The van der Waals surface area contributed by atoms with Gasteiger partial charge in [0.25, 0.3) is 5.91 Å². The Morgan fingerprint density at radius 3 is 2.38 bits per heavy atom. The van der Waals surface area contributed by atoms with Crippen LogP contribution in [0.15, 0.2) is 42.2 Å². The number of nitrogens with zero attached hydrogens (tertiary/aromatic N) is 1. The highest BCUT2D eigenvalue weighted by Gasteiger charge is 2.24. The Morgan fingerprint density at radius 1 is 1.11 bits per heavy atom. The predicted octanol–water partition coefficient (Wildman–Crippen LogP) is 3.16. The van der Waals surface area contributed by atoms with Gasteiger partial charge in [-0.15, -0.1) is 5.53 Å². The van der Waals surface area contributed by atoms with Gasteiger partial charge in [0.2, 0.25) is 10.0 Å². The van der Waals surface area contributed by atoms with E-state index in [2.05, 4.69) is 21.0 Å². The van der Waals surface area contributed by atoms with Crippen LogP contribution in [-0.2, 0) is 25.0 Å². The minimum absolute atomic E-state index is 0.187. The van der Waals surface area contributed by atoms with Crippen molar-refractivity contribution in [2.24, 2.45) is 0 Å². The zero-order chi connectivity index (χ0) is 27.5. The number of rotatable bonds is 8. The summed E-state index contributed by atoms with van der Waals surface area (Å²) >= 11 is 0. The average molecular weight is 532 g/mol. The molecule has 0 saturated carbocycles. The molecule has 200 valence electrons. The van der Waals surface area contributed by atoms with Crippen LogP contribution in [0.5, 0.6) is 5.75 Å². The lowest BCUT2D eigenvalue weighted by atomic mass is 9.86. The second-order valence-corrected chi connectivity index (χ2v) is 11.3. The molecular formula is C25H33N5O6S. The van der Waals surface area contributed by atoms with Gasteiger partial charge in [-0.2, -0.15) is 0 Å². The third-order valence-corrected chi connectivity index (χ3v) is 6.09. The first kappa shape index (κ1) is 27.8. The molecule has 11 nitrogen and oxygen atoms in total. The summed E-state index contributed by atoms with van der Waals surface area (Å²) in [6.45, 7) is 9.77. The molecule has 2 aromatic carbocycles. The first-order valence-corrected chi connectivity index (χ1v) is 13.4. The van der Waals surface area contributed by atoms with Crippen molar-refractivity contribution in [1.29, 1.82) is 0 Å². The Labute approximate surface area is 217 Å². The number of ether oxygens (including phenoxy) is 2. The van der Waals surface area contributed by atoms with Gasteiger partial charge >= 0.3 is 5.97 Å². The molecule has 3 rings (SSSR count). The lowest BCUT2D eigenvalue weighted by Gasteiger charge is -2.24. The number of nitrogens with one attached hydrogen (secondary N) is 4. The van der Waals surface area contributed by atoms with Crippen LogP contribution in [-0.4, -0.2) is 40.3 Å². The number of hydrogen-bond acceptors (Lipinski definition) is 9. The number of esters is 1. The first-order chi connectivity index (χ1) is 17.2. The summed E-state index contributed by atoms with van der Waals surface area (Å²) in [4.78, 5) is 25.3. The summed E-state index contributed by atoms with van der Waals surface area (Å²) in [5.41, 5.74) is 8.66. The van der Waals surface area contributed by atoms with Crippen LogP contribution in [0.25, 0.3) is 0 Å². The molecule has 0 bridgehead atoms. The maximum atomic E-state index is 13.3. The first-order valence-electron chi connectivity index (χ1n) is 11.6. The van der Waals surface area contributed by atoms with E-state index in [1.54, 1.807) is 48.5 Å². The summed E-state index contributed by atoms with van der Waals surface area (Å²) in [5.74, 6) is -0.752. The Hall–Kier alpha value is -3.77. The van der Waals surface area contributed by atoms with Crippen molar-refractivity contribution in [1.82, 2.24) is 11.0 Å². The summed E-state index contributed by atoms with van der Waals surface area (Å²) in [6, 6.07) is 8.57. The van der Waals surface area contributed by atoms with Gasteiger partial charge in [-0.3, -0.25) is 20.0 Å². The monoisotopic (exact) mass is 531 g/mol. The Balaban J connectivity index is 1.97. The molecule has 37 heavy (non-hydrogen) atoms. The van der Waals surface area contributed by atoms with Gasteiger partial charge in [0.1, 0.15) is 0 Å². The predicted molar refractivity (Wildman–Crippen MR) is 143 cm³/mol. The highest BCUT2D eigenvalue weighted by molar-refractivity contribution is 7.92. The molecule has 1 aliphatic heterocycles. The van der Waals surface area contributed by atoms with E-state index >= 15 is 0 Å². The summed E-state index contributed by atoms with van der Waals surface area (Å²) < 4.78 is 36.9. The topological polar surface area (TPSA) is 138 Å². The third kappa shape index (κ3) is 6.71. The van der Waals surface area contributed by atoms with E-state index < -0.39 is 21.9 Å². The molecule has 0 aromatic heterocycles. The Morgan fingerprint density at radius 2 is 1.78 bits per heavy atom. The van der Waals surface area contributed by atoms with Crippen molar-refractivity contribution in [3.8, 4) is 5.75 Å². The van der Waals surface area contributed by atoms with Crippen LogP contribution in [0.4, 0.5) is 17.1 Å². The van der Waals surface area contributed by atoms with Crippen LogP contribution in [0, 0.1) is 6.92 Å². The van der Waals surface area contributed by atoms with Gasteiger partial charge in [0, 0.05) is 5.56 Å². The number of amides is 1. The van der Waals surface area contributed by atoms with Gasteiger partial charge in [-0.25, -0.2) is 13.2 Å². The van der Waals surface area contributed by atoms with Crippen LogP contribution >= 0.6 is 0 Å². The van der Waals surface area contributed by atoms with Crippen LogP contribution in [0.3, 0.4) is 0 Å². The zero-order valence-electron chi connectivity index (χ0n) is 22.0. The number of methoxy groups -OCH3 is 1. The summed E-state index contributed by atoms with van der Waals surface area (Å²) in [5, 5.41) is 4.43. The SMILES string of the molecule is CCOC(=O)C1=CN(c2cc(C(=O)Nc3cc(C(C)(C)C)cc(NS(C)(=O)=O)c3OC)ccc2C)NN1. The van der Waals surface area contributed by atoms with Crippen molar-refractivity contribution in [3.63, 3.8) is 0 Å². The lowest BCUT2D eigenvalue weighted by molar-refractivity contribution is -0.138. The highest BCUT2D eigenvalue weighted by Crippen LogP contribution is 2.39. The van der Waals surface area contributed by atoms with E-state index in [1.807, 2.05) is 27.7 Å². The molecular weight excluding hydrogens is 498 g/mol. The molecule has 12 heteroatoms. The molecule has 1 amide bonds. The molecule has 0 unspecified atom stereocenters. The zero-order valence-corrected chi connectivity index (χ0v) is 22.8. The van der Waals surface area contributed by atoms with Gasteiger partial charge in [-0.1, -0.05) is 26.8 Å². The van der Waals surface area contributed by atoms with E-state index in [0.717, 1.165) is 17.4 Å². The van der Waals surface area contributed by atoms with Crippen LogP contribution in [0.1, 0.15) is 49.2 Å². The second kappa shape index (κ2) is 10.7. The molecule has 1 aliphatic rings. The molecule has 0 fully saturated rings. The van der Waals surface area contributed by atoms with E-state index in [4.69, 9.17) is 9.47 Å². The van der Waals surface area contributed by atoms with Gasteiger partial charge in [0.15, 0.2) is 11.4 Å². The second-order valence-electron chi connectivity index (χ2n) is 9.55. The van der Waals surface area contributed by atoms with Gasteiger partial charge < -0.3 is 14.8 Å². The number of sulfonamides is 1. The number of hydrogen-bond donors (Lipinski definition) is 4. The minimum Gasteiger partial charge on any atom is -0.492 e. The molecule has 0 spiro atoms. The average Bonchev–Trinajstić information content (AvgIpc) is 3.28. The fraction of sp³-hybridized carbons (Fsp3) is 0.360. The number of anilines is 3. The summed E-state index contributed by atoms with van der Waals surface area (Å²) in [7, 11) is -2.20. The molecule has 4 N–H and O–H groups in total. The van der Waals surface area contributed by atoms with E-state index in [-0.39, 0.29) is 29.2 Å². The number of carbonyl (C=O) groups is 2. The van der Waals surface area contributed by atoms with Crippen LogP contribution < -0.4 is 30.7 Å². The van der Waals surface area contributed by atoms with Crippen LogP contribution in [0.2, 0.25) is 0 Å². The fourth-order valence-corrected chi connectivity index (χ4v) is 4.16. The Kier molecular flexibility index (Phi) is 8.03. The van der Waals surface area contributed by atoms with E-state index in [0.29, 0.717) is 16.9 Å². The largest absolute Gasteiger partial charge is 0.492 e. The molecule has 0 aliphatic carbocycles. The lowest BCUT2D eigenvalue weighted by Crippen LogP contribution is -2.38. The number of carbonyl (C=O) groups excluding carboxylic acids is 2. The number of hydrazine groups is 2. The van der Waals surface area contributed by atoms with E-state index in [9.17, 15) is 18.0 Å². The molecule has 1 heterocycles. The molecule has 2 aromatic rings. The van der Waals surface area contributed by atoms with Crippen molar-refractivity contribution < 1.29 is 27.5 Å². The highest BCUT2D eigenvalue weighted by atomic mass is 32.2. The van der Waals surface area contributed by atoms with Crippen molar-refractivity contribution >= 4 is 39.0 Å². The minimum atomic E-state index is -3.60. The third-order valence-electron chi connectivity index (χ3n) is 5.50. The fourth-order valence-electron chi connectivity index (χ4n) is 3.61. The Bertz CT molecular complexity index is 1350. The van der Waals surface area contributed by atoms with E-state index in [1.165, 1.54) is 7.11 Å². The number of aryl methyl sites for hydroxylation is 1. The maximum Gasteiger partial charge on any atom is 0.357 e. The van der Waals surface area contributed by atoms with Gasteiger partial charge in [0.05, 0.1) is 43.2 Å². The van der Waals surface area contributed by atoms with Crippen molar-refractivity contribution in [2.45, 2.75) is 40.0 Å². The van der Waals surface area contributed by atoms with Gasteiger partial charge in [-0.05, 0) is 54.7 Å². The number of benzene rings is 2. The molecule has 0 saturated heterocycles. The quantitative estimate of drug-likeness (QED) is 0.378. The smallest absolute Gasteiger partial charge is 0.357 e. The normalized spacial score (nSPS) is 13.5. The summed E-state index contributed by atoms with van der Waals surface area (Å²) in [6.07, 6.45) is 2.59. The maximum absolute atomic E-state index is 13.3. The van der Waals surface area contributed by atoms with Crippen molar-refractivity contribution in [3.05, 3.63) is 58.9 Å².